The molecule has 3 aromatic carbocycles. The van der Waals surface area contributed by atoms with Gasteiger partial charge in [-0.1, -0.05) is 18.2 Å². The molecule has 0 aliphatic carbocycles. The van der Waals surface area contributed by atoms with Gasteiger partial charge in [0, 0.05) is 11.1 Å². The minimum absolute atomic E-state index is 0.0117. The first-order valence-corrected chi connectivity index (χ1v) is 10.5. The molecule has 0 spiro atoms. The van der Waals surface area contributed by atoms with Gasteiger partial charge in [0.1, 0.15) is 17.0 Å². The van der Waals surface area contributed by atoms with Crippen LogP contribution in [0.4, 0.5) is 11.4 Å². The number of hydrogen-bond acceptors (Lipinski definition) is 6. The van der Waals surface area contributed by atoms with Gasteiger partial charge in [0.2, 0.25) is 11.7 Å². The normalized spacial score (nSPS) is 10.6. The highest BCUT2D eigenvalue weighted by atomic mass is 16.5. The zero-order valence-electron chi connectivity index (χ0n) is 19.0. The van der Waals surface area contributed by atoms with Crippen LogP contribution in [0.3, 0.4) is 0 Å². The Balaban J connectivity index is 1.58. The lowest BCUT2D eigenvalue weighted by Crippen LogP contribution is -2.18. The van der Waals surface area contributed by atoms with E-state index in [-0.39, 0.29) is 18.1 Å². The summed E-state index contributed by atoms with van der Waals surface area (Å²) in [6.45, 7) is 0. The molecular weight excluding hydrogens is 436 g/mol. The fourth-order valence-electron chi connectivity index (χ4n) is 3.55. The predicted octanol–water partition coefficient (Wildman–Crippen LogP) is 4.89. The third-order valence-electron chi connectivity index (χ3n) is 5.23. The number of hydrogen-bond donors (Lipinski definition) is 2. The van der Waals surface area contributed by atoms with Gasteiger partial charge >= 0.3 is 0 Å². The molecule has 0 aliphatic heterocycles. The minimum atomic E-state index is -0.484. The Morgan fingerprint density at radius 3 is 2.26 bits per heavy atom. The zero-order chi connectivity index (χ0) is 24.1. The molecule has 0 unspecified atom stereocenters. The molecule has 0 atom stereocenters. The van der Waals surface area contributed by atoms with Crippen molar-refractivity contribution >= 4 is 34.2 Å². The summed E-state index contributed by atoms with van der Waals surface area (Å²) in [5.74, 6) is 0.994. The van der Waals surface area contributed by atoms with Crippen molar-refractivity contribution in [2.24, 2.45) is 0 Å². The third-order valence-corrected chi connectivity index (χ3v) is 5.23. The van der Waals surface area contributed by atoms with E-state index in [0.717, 1.165) is 5.56 Å². The lowest BCUT2D eigenvalue weighted by atomic mass is 10.1. The number of methoxy groups -OCH3 is 3. The van der Waals surface area contributed by atoms with E-state index in [1.165, 1.54) is 7.11 Å². The largest absolute Gasteiger partial charge is 0.497 e. The summed E-state index contributed by atoms with van der Waals surface area (Å²) in [6, 6.07) is 19.3. The van der Waals surface area contributed by atoms with Crippen molar-refractivity contribution in [3.8, 4) is 17.2 Å². The van der Waals surface area contributed by atoms with Crippen molar-refractivity contribution in [1.82, 2.24) is 0 Å². The Morgan fingerprint density at radius 1 is 0.824 bits per heavy atom. The Labute approximate surface area is 196 Å². The number of benzene rings is 3. The molecule has 1 heterocycles. The van der Waals surface area contributed by atoms with E-state index < -0.39 is 5.91 Å². The average molecular weight is 460 g/mol. The Morgan fingerprint density at radius 2 is 1.56 bits per heavy atom. The topological polar surface area (TPSA) is 99.0 Å². The molecule has 1 aromatic heterocycles. The fourth-order valence-corrected chi connectivity index (χ4v) is 3.55. The number of amides is 2. The SMILES string of the molecule is COc1ccc(NC(=O)c2oc3ccccc3c2NC(=O)Cc2ccc(OC)c(OC)c2)cc1. The summed E-state index contributed by atoms with van der Waals surface area (Å²) < 4.78 is 21.5. The second kappa shape index (κ2) is 9.99. The van der Waals surface area contributed by atoms with Gasteiger partial charge in [-0.05, 0) is 54.1 Å². The van der Waals surface area contributed by atoms with Crippen LogP contribution in [0.2, 0.25) is 0 Å². The number of fused-ring (bicyclic) bond motifs is 1. The van der Waals surface area contributed by atoms with E-state index in [0.29, 0.717) is 39.6 Å². The highest BCUT2D eigenvalue weighted by Crippen LogP contribution is 2.32. The van der Waals surface area contributed by atoms with Crippen LogP contribution in [0.15, 0.2) is 71.1 Å². The molecule has 2 N–H and O–H groups in total. The molecule has 0 fully saturated rings. The number of ether oxygens (including phenoxy) is 3. The summed E-state index contributed by atoms with van der Waals surface area (Å²) >= 11 is 0. The van der Waals surface area contributed by atoms with Gasteiger partial charge in [-0.25, -0.2) is 0 Å². The van der Waals surface area contributed by atoms with Crippen molar-refractivity contribution in [3.63, 3.8) is 0 Å². The molecule has 0 saturated carbocycles. The maximum Gasteiger partial charge on any atom is 0.293 e. The van der Waals surface area contributed by atoms with Gasteiger partial charge < -0.3 is 29.3 Å². The minimum Gasteiger partial charge on any atom is -0.497 e. The number of anilines is 2. The van der Waals surface area contributed by atoms with Crippen LogP contribution in [-0.4, -0.2) is 33.1 Å². The first-order chi connectivity index (χ1) is 16.5. The van der Waals surface area contributed by atoms with Crippen LogP contribution in [0, 0.1) is 0 Å². The zero-order valence-corrected chi connectivity index (χ0v) is 19.0. The van der Waals surface area contributed by atoms with E-state index in [9.17, 15) is 9.59 Å². The van der Waals surface area contributed by atoms with Gasteiger partial charge in [0.15, 0.2) is 11.5 Å². The second-order valence-corrected chi connectivity index (χ2v) is 7.40. The van der Waals surface area contributed by atoms with Crippen LogP contribution in [-0.2, 0) is 11.2 Å². The van der Waals surface area contributed by atoms with Crippen molar-refractivity contribution in [2.45, 2.75) is 6.42 Å². The number of para-hydroxylation sites is 1. The Bertz CT molecular complexity index is 1330. The van der Waals surface area contributed by atoms with Gasteiger partial charge in [0.25, 0.3) is 5.91 Å². The molecule has 4 aromatic rings. The summed E-state index contributed by atoms with van der Waals surface area (Å²) in [7, 11) is 4.65. The molecule has 2 amide bonds. The highest BCUT2D eigenvalue weighted by Gasteiger charge is 2.22. The second-order valence-electron chi connectivity index (χ2n) is 7.40. The third kappa shape index (κ3) is 4.80. The molecule has 0 radical (unpaired) electrons. The molecule has 0 aliphatic rings. The van der Waals surface area contributed by atoms with Crippen molar-refractivity contribution < 1.29 is 28.2 Å². The van der Waals surface area contributed by atoms with Crippen LogP contribution in [0.25, 0.3) is 11.0 Å². The summed E-state index contributed by atoms with van der Waals surface area (Å²) in [5.41, 5.74) is 2.09. The number of furan rings is 1. The summed E-state index contributed by atoms with van der Waals surface area (Å²) in [4.78, 5) is 25.9. The molecular formula is C26H24N2O6. The smallest absolute Gasteiger partial charge is 0.293 e. The summed E-state index contributed by atoms with van der Waals surface area (Å²) in [6.07, 6.45) is 0.0688. The van der Waals surface area contributed by atoms with E-state index in [1.807, 2.05) is 6.07 Å². The highest BCUT2D eigenvalue weighted by molar-refractivity contribution is 6.14. The van der Waals surface area contributed by atoms with Crippen LogP contribution < -0.4 is 24.8 Å². The first-order valence-electron chi connectivity index (χ1n) is 10.5. The molecule has 8 nitrogen and oxygen atoms in total. The average Bonchev–Trinajstić information content (AvgIpc) is 3.22. The molecule has 8 heteroatoms. The van der Waals surface area contributed by atoms with Gasteiger partial charge in [-0.15, -0.1) is 0 Å². The molecule has 34 heavy (non-hydrogen) atoms. The Kier molecular flexibility index (Phi) is 6.68. The van der Waals surface area contributed by atoms with Crippen LogP contribution in [0.5, 0.6) is 17.2 Å². The van der Waals surface area contributed by atoms with Gasteiger partial charge in [-0.3, -0.25) is 9.59 Å². The monoisotopic (exact) mass is 460 g/mol. The number of carbonyl (C=O) groups excluding carboxylic acids is 2. The van der Waals surface area contributed by atoms with E-state index in [4.69, 9.17) is 18.6 Å². The van der Waals surface area contributed by atoms with E-state index >= 15 is 0 Å². The van der Waals surface area contributed by atoms with Crippen molar-refractivity contribution in [1.29, 1.82) is 0 Å². The summed E-state index contributed by atoms with van der Waals surface area (Å²) in [5, 5.41) is 6.27. The number of rotatable bonds is 8. The molecule has 174 valence electrons. The van der Waals surface area contributed by atoms with Crippen LogP contribution in [0.1, 0.15) is 16.1 Å². The molecule has 4 rings (SSSR count). The lowest BCUT2D eigenvalue weighted by Gasteiger charge is -2.10. The molecule has 0 saturated heterocycles. The van der Waals surface area contributed by atoms with Crippen molar-refractivity contribution in [2.75, 3.05) is 32.0 Å². The Hall–Kier alpha value is -4.46. The van der Waals surface area contributed by atoms with Crippen molar-refractivity contribution in [3.05, 3.63) is 78.1 Å². The van der Waals surface area contributed by atoms with E-state index in [1.54, 1.807) is 74.9 Å². The number of carbonyl (C=O) groups is 2. The lowest BCUT2D eigenvalue weighted by molar-refractivity contribution is -0.115. The van der Waals surface area contributed by atoms with Crippen LogP contribution >= 0.6 is 0 Å². The maximum atomic E-state index is 13.0. The number of nitrogens with one attached hydrogen (secondary N) is 2. The molecule has 0 bridgehead atoms. The van der Waals surface area contributed by atoms with Gasteiger partial charge in [-0.2, -0.15) is 0 Å². The fraction of sp³-hybridized carbons (Fsp3) is 0.154. The van der Waals surface area contributed by atoms with E-state index in [2.05, 4.69) is 10.6 Å². The van der Waals surface area contributed by atoms with Gasteiger partial charge in [0.05, 0.1) is 27.8 Å². The predicted molar refractivity (Wildman–Crippen MR) is 129 cm³/mol. The quantitative estimate of drug-likeness (QED) is 0.388. The first kappa shape index (κ1) is 22.7. The standard InChI is InChI=1S/C26H24N2O6/c1-31-18-11-9-17(10-12-18)27-26(30)25-24(19-6-4-5-7-20(19)34-25)28-23(29)15-16-8-13-21(32-2)22(14-16)33-3/h4-14H,15H2,1-3H3,(H,27,30)(H,28,29). The maximum absolute atomic E-state index is 13.0.